The standard InChI is InChI=1S/C14H19N3O3/c1-19-14-5-2-4-12(8-14)9-17-10-13(15-16-17)11-20-7-3-6-18/h2,4-5,8,10,18H,3,6-7,9,11H2,1H3. The summed E-state index contributed by atoms with van der Waals surface area (Å²) in [6, 6.07) is 7.84. The van der Waals surface area contributed by atoms with Gasteiger partial charge in [-0.1, -0.05) is 17.3 Å². The molecule has 0 spiro atoms. The van der Waals surface area contributed by atoms with Crippen molar-refractivity contribution < 1.29 is 14.6 Å². The van der Waals surface area contributed by atoms with E-state index in [-0.39, 0.29) is 6.61 Å². The molecule has 0 radical (unpaired) electrons. The number of aliphatic hydroxyl groups excluding tert-OH is 1. The zero-order chi connectivity index (χ0) is 14.2. The maximum absolute atomic E-state index is 8.65. The highest BCUT2D eigenvalue weighted by atomic mass is 16.5. The fraction of sp³-hybridized carbons (Fsp3) is 0.429. The maximum Gasteiger partial charge on any atom is 0.119 e. The minimum absolute atomic E-state index is 0.141. The number of aromatic nitrogens is 3. The van der Waals surface area contributed by atoms with Crippen LogP contribution in [-0.2, 0) is 17.9 Å². The number of methoxy groups -OCH3 is 1. The van der Waals surface area contributed by atoms with Gasteiger partial charge in [0.05, 0.1) is 26.5 Å². The van der Waals surface area contributed by atoms with E-state index in [1.54, 1.807) is 11.8 Å². The Morgan fingerprint density at radius 1 is 1.35 bits per heavy atom. The van der Waals surface area contributed by atoms with E-state index in [0.29, 0.717) is 26.2 Å². The van der Waals surface area contributed by atoms with Crippen LogP contribution in [0.3, 0.4) is 0 Å². The van der Waals surface area contributed by atoms with E-state index in [1.165, 1.54) is 0 Å². The second kappa shape index (κ2) is 7.62. The lowest BCUT2D eigenvalue weighted by Crippen LogP contribution is -2.00. The Labute approximate surface area is 117 Å². The molecule has 6 heteroatoms. The number of ether oxygens (including phenoxy) is 2. The molecule has 1 aromatic heterocycles. The highest BCUT2D eigenvalue weighted by molar-refractivity contribution is 5.28. The van der Waals surface area contributed by atoms with E-state index < -0.39 is 0 Å². The zero-order valence-electron chi connectivity index (χ0n) is 11.5. The molecule has 0 saturated heterocycles. The van der Waals surface area contributed by atoms with Crippen LogP contribution in [0.2, 0.25) is 0 Å². The predicted molar refractivity (Wildman–Crippen MR) is 73.5 cm³/mol. The van der Waals surface area contributed by atoms with Gasteiger partial charge in [0.1, 0.15) is 11.4 Å². The van der Waals surface area contributed by atoms with Crippen LogP contribution in [0.1, 0.15) is 17.7 Å². The van der Waals surface area contributed by atoms with Crippen LogP contribution >= 0.6 is 0 Å². The van der Waals surface area contributed by atoms with Gasteiger partial charge in [0.15, 0.2) is 0 Å². The summed E-state index contributed by atoms with van der Waals surface area (Å²) >= 11 is 0. The quantitative estimate of drug-likeness (QED) is 0.735. The minimum Gasteiger partial charge on any atom is -0.497 e. The molecule has 0 saturated carbocycles. The first-order valence-electron chi connectivity index (χ1n) is 6.52. The summed E-state index contributed by atoms with van der Waals surface area (Å²) < 4.78 is 12.3. The summed E-state index contributed by atoms with van der Waals surface area (Å²) in [4.78, 5) is 0. The van der Waals surface area contributed by atoms with Crippen molar-refractivity contribution in [3.05, 3.63) is 41.7 Å². The molecule has 0 atom stereocenters. The molecule has 0 fully saturated rings. The van der Waals surface area contributed by atoms with Crippen LogP contribution in [0.5, 0.6) is 5.75 Å². The summed E-state index contributed by atoms with van der Waals surface area (Å²) in [7, 11) is 1.65. The van der Waals surface area contributed by atoms with Gasteiger partial charge in [-0.3, -0.25) is 0 Å². The molecule has 1 heterocycles. The molecular weight excluding hydrogens is 258 g/mol. The molecule has 0 aliphatic rings. The molecule has 6 nitrogen and oxygen atoms in total. The lowest BCUT2D eigenvalue weighted by molar-refractivity contribution is 0.102. The van der Waals surface area contributed by atoms with Gasteiger partial charge in [0, 0.05) is 13.2 Å². The maximum atomic E-state index is 8.65. The van der Waals surface area contributed by atoms with Crippen molar-refractivity contribution >= 4 is 0 Å². The summed E-state index contributed by atoms with van der Waals surface area (Å²) in [5.74, 6) is 0.829. The van der Waals surface area contributed by atoms with Crippen LogP contribution in [0.15, 0.2) is 30.5 Å². The fourth-order valence-electron chi connectivity index (χ4n) is 1.78. The highest BCUT2D eigenvalue weighted by Gasteiger charge is 2.03. The number of hydrogen-bond acceptors (Lipinski definition) is 5. The summed E-state index contributed by atoms with van der Waals surface area (Å²) in [5.41, 5.74) is 1.88. The van der Waals surface area contributed by atoms with Gasteiger partial charge in [0.25, 0.3) is 0 Å². The molecule has 0 bridgehead atoms. The third-order valence-electron chi connectivity index (χ3n) is 2.76. The Kier molecular flexibility index (Phi) is 5.52. The minimum atomic E-state index is 0.141. The third kappa shape index (κ3) is 4.32. The molecule has 108 valence electrons. The Bertz CT molecular complexity index is 528. The predicted octanol–water partition coefficient (Wildman–Crippen LogP) is 1.23. The van der Waals surface area contributed by atoms with E-state index in [2.05, 4.69) is 10.3 Å². The average molecular weight is 277 g/mol. The number of nitrogens with zero attached hydrogens (tertiary/aromatic N) is 3. The van der Waals surface area contributed by atoms with Crippen LogP contribution in [0.4, 0.5) is 0 Å². The topological polar surface area (TPSA) is 69.4 Å². The summed E-state index contributed by atoms with van der Waals surface area (Å²) in [6.45, 7) is 1.72. The number of rotatable bonds is 8. The molecule has 20 heavy (non-hydrogen) atoms. The molecule has 0 aliphatic heterocycles. The molecule has 0 aliphatic carbocycles. The molecule has 1 N–H and O–H groups in total. The second-order valence-electron chi connectivity index (χ2n) is 4.39. The molecule has 0 unspecified atom stereocenters. The first-order valence-corrected chi connectivity index (χ1v) is 6.52. The Morgan fingerprint density at radius 2 is 2.25 bits per heavy atom. The smallest absolute Gasteiger partial charge is 0.119 e. The highest BCUT2D eigenvalue weighted by Crippen LogP contribution is 2.13. The van der Waals surface area contributed by atoms with Crippen molar-refractivity contribution in [1.82, 2.24) is 15.0 Å². The van der Waals surface area contributed by atoms with Gasteiger partial charge >= 0.3 is 0 Å². The van der Waals surface area contributed by atoms with Crippen LogP contribution in [-0.4, -0.2) is 40.4 Å². The molecule has 2 rings (SSSR count). The lowest BCUT2D eigenvalue weighted by Gasteiger charge is -2.04. The van der Waals surface area contributed by atoms with Crippen molar-refractivity contribution in [3.63, 3.8) is 0 Å². The first-order chi connectivity index (χ1) is 9.81. The Balaban J connectivity index is 1.88. The van der Waals surface area contributed by atoms with Gasteiger partial charge in [-0.05, 0) is 24.1 Å². The molecule has 0 amide bonds. The Hall–Kier alpha value is -1.92. The monoisotopic (exact) mass is 277 g/mol. The molecule has 2 aromatic rings. The SMILES string of the molecule is COc1cccc(Cn2cc(COCCCO)nn2)c1. The van der Waals surface area contributed by atoms with Gasteiger partial charge in [-0.15, -0.1) is 5.10 Å². The van der Waals surface area contributed by atoms with Gasteiger partial charge in [-0.25, -0.2) is 4.68 Å². The van der Waals surface area contributed by atoms with Gasteiger partial charge in [0.2, 0.25) is 0 Å². The van der Waals surface area contributed by atoms with E-state index >= 15 is 0 Å². The van der Waals surface area contributed by atoms with Crippen LogP contribution < -0.4 is 4.74 Å². The van der Waals surface area contributed by atoms with Crippen molar-refractivity contribution in [1.29, 1.82) is 0 Å². The van der Waals surface area contributed by atoms with Crippen LogP contribution in [0.25, 0.3) is 0 Å². The van der Waals surface area contributed by atoms with E-state index in [9.17, 15) is 0 Å². The van der Waals surface area contributed by atoms with Gasteiger partial charge in [-0.2, -0.15) is 0 Å². The van der Waals surface area contributed by atoms with E-state index in [1.807, 2.05) is 30.5 Å². The number of hydrogen-bond donors (Lipinski definition) is 1. The molecular formula is C14H19N3O3. The molecule has 1 aromatic carbocycles. The van der Waals surface area contributed by atoms with E-state index in [0.717, 1.165) is 17.0 Å². The largest absolute Gasteiger partial charge is 0.497 e. The van der Waals surface area contributed by atoms with Crippen molar-refractivity contribution in [2.75, 3.05) is 20.3 Å². The fourth-order valence-corrected chi connectivity index (χ4v) is 1.78. The van der Waals surface area contributed by atoms with Gasteiger partial charge < -0.3 is 14.6 Å². The third-order valence-corrected chi connectivity index (χ3v) is 2.76. The lowest BCUT2D eigenvalue weighted by atomic mass is 10.2. The number of aliphatic hydroxyl groups is 1. The van der Waals surface area contributed by atoms with Crippen molar-refractivity contribution in [3.8, 4) is 5.75 Å². The normalized spacial score (nSPS) is 10.7. The number of benzene rings is 1. The Morgan fingerprint density at radius 3 is 3.05 bits per heavy atom. The summed E-state index contributed by atoms with van der Waals surface area (Å²) in [5, 5.41) is 16.8. The van der Waals surface area contributed by atoms with Crippen molar-refractivity contribution in [2.24, 2.45) is 0 Å². The van der Waals surface area contributed by atoms with Crippen LogP contribution in [0, 0.1) is 0 Å². The second-order valence-corrected chi connectivity index (χ2v) is 4.39. The summed E-state index contributed by atoms with van der Waals surface area (Å²) in [6.07, 6.45) is 2.50. The first kappa shape index (κ1) is 14.5. The average Bonchev–Trinajstić information content (AvgIpc) is 2.91. The van der Waals surface area contributed by atoms with Crippen molar-refractivity contribution in [2.45, 2.75) is 19.6 Å². The zero-order valence-corrected chi connectivity index (χ0v) is 11.5. The van der Waals surface area contributed by atoms with E-state index in [4.69, 9.17) is 14.6 Å².